The first-order valence-electron chi connectivity index (χ1n) is 7.32. The SMILES string of the molecule is Cc1ccc(S(=O)(=O)NC(CCS(C)=O)c2ccccc2)cc1. The van der Waals surface area contributed by atoms with Gasteiger partial charge in [-0.05, 0) is 31.0 Å². The van der Waals surface area contributed by atoms with Crippen molar-refractivity contribution >= 4 is 20.8 Å². The third-order valence-electron chi connectivity index (χ3n) is 3.52. The van der Waals surface area contributed by atoms with Gasteiger partial charge in [0.1, 0.15) is 0 Å². The molecule has 2 rings (SSSR count). The minimum Gasteiger partial charge on any atom is -0.260 e. The van der Waals surface area contributed by atoms with E-state index in [1.165, 1.54) is 0 Å². The van der Waals surface area contributed by atoms with Gasteiger partial charge in [0, 0.05) is 28.9 Å². The van der Waals surface area contributed by atoms with E-state index in [-0.39, 0.29) is 4.90 Å². The summed E-state index contributed by atoms with van der Waals surface area (Å²) in [6.07, 6.45) is 2.11. The highest BCUT2D eigenvalue weighted by Gasteiger charge is 2.21. The molecule has 0 aromatic heterocycles. The molecule has 0 amide bonds. The minimum atomic E-state index is -3.62. The molecule has 4 nitrogen and oxygen atoms in total. The molecule has 2 unspecified atom stereocenters. The maximum absolute atomic E-state index is 12.6. The van der Waals surface area contributed by atoms with E-state index < -0.39 is 26.9 Å². The van der Waals surface area contributed by atoms with Crippen LogP contribution in [0.1, 0.15) is 23.6 Å². The van der Waals surface area contributed by atoms with Gasteiger partial charge in [-0.1, -0.05) is 48.0 Å². The molecule has 23 heavy (non-hydrogen) atoms. The number of nitrogens with one attached hydrogen (secondary N) is 1. The van der Waals surface area contributed by atoms with Crippen molar-refractivity contribution in [2.45, 2.75) is 24.3 Å². The van der Waals surface area contributed by atoms with Crippen LogP contribution in [-0.4, -0.2) is 24.6 Å². The molecule has 0 radical (unpaired) electrons. The van der Waals surface area contributed by atoms with Gasteiger partial charge in [0.15, 0.2) is 0 Å². The van der Waals surface area contributed by atoms with Crippen molar-refractivity contribution in [1.29, 1.82) is 0 Å². The molecule has 0 saturated heterocycles. The van der Waals surface area contributed by atoms with E-state index in [9.17, 15) is 12.6 Å². The largest absolute Gasteiger partial charge is 0.260 e. The average Bonchev–Trinajstić information content (AvgIpc) is 2.52. The fourth-order valence-electron chi connectivity index (χ4n) is 2.24. The Balaban J connectivity index is 2.25. The average molecular weight is 351 g/mol. The maximum atomic E-state index is 12.6. The molecule has 0 heterocycles. The van der Waals surface area contributed by atoms with Crippen molar-refractivity contribution < 1.29 is 12.6 Å². The summed E-state index contributed by atoms with van der Waals surface area (Å²) < 4.78 is 39.3. The van der Waals surface area contributed by atoms with E-state index in [4.69, 9.17) is 0 Å². The summed E-state index contributed by atoms with van der Waals surface area (Å²) in [6, 6.07) is 15.7. The third-order valence-corrected chi connectivity index (χ3v) is 5.82. The van der Waals surface area contributed by atoms with Crippen molar-refractivity contribution in [2.24, 2.45) is 0 Å². The van der Waals surface area contributed by atoms with Crippen LogP contribution in [0.5, 0.6) is 0 Å². The van der Waals surface area contributed by atoms with Crippen LogP contribution in [-0.2, 0) is 20.8 Å². The lowest BCUT2D eigenvalue weighted by atomic mass is 10.1. The molecule has 6 heteroatoms. The highest BCUT2D eigenvalue weighted by molar-refractivity contribution is 7.89. The van der Waals surface area contributed by atoms with E-state index >= 15 is 0 Å². The van der Waals surface area contributed by atoms with E-state index in [0.717, 1.165) is 11.1 Å². The quantitative estimate of drug-likeness (QED) is 0.834. The monoisotopic (exact) mass is 351 g/mol. The zero-order chi connectivity index (χ0) is 16.9. The molecule has 0 spiro atoms. The van der Waals surface area contributed by atoms with Gasteiger partial charge in [-0.15, -0.1) is 0 Å². The number of aryl methyl sites for hydroxylation is 1. The van der Waals surface area contributed by atoms with Gasteiger partial charge in [0.05, 0.1) is 4.90 Å². The summed E-state index contributed by atoms with van der Waals surface area (Å²) in [4.78, 5) is 0.238. The highest BCUT2D eigenvalue weighted by atomic mass is 32.2. The predicted octanol–water partition coefficient (Wildman–Crippen LogP) is 2.78. The van der Waals surface area contributed by atoms with Crippen LogP contribution in [0.15, 0.2) is 59.5 Å². The molecule has 2 atom stereocenters. The maximum Gasteiger partial charge on any atom is 0.241 e. The molecule has 1 N–H and O–H groups in total. The molecule has 124 valence electrons. The standard InChI is InChI=1S/C17H21NO3S2/c1-14-8-10-16(11-9-14)23(20,21)18-17(12-13-22(2)19)15-6-4-3-5-7-15/h3-11,17-18H,12-13H2,1-2H3. The third kappa shape index (κ3) is 5.27. The zero-order valence-corrected chi connectivity index (χ0v) is 14.9. The summed E-state index contributed by atoms with van der Waals surface area (Å²) in [5.41, 5.74) is 1.87. The van der Waals surface area contributed by atoms with Crippen molar-refractivity contribution in [3.8, 4) is 0 Å². The Kier molecular flexibility index (Phi) is 6.10. The Morgan fingerprint density at radius 3 is 2.22 bits per heavy atom. The van der Waals surface area contributed by atoms with Crippen molar-refractivity contribution in [3.63, 3.8) is 0 Å². The normalized spacial score (nSPS) is 14.3. The highest BCUT2D eigenvalue weighted by Crippen LogP contribution is 2.21. The predicted molar refractivity (Wildman–Crippen MR) is 94.2 cm³/mol. The van der Waals surface area contributed by atoms with Crippen LogP contribution in [0.4, 0.5) is 0 Å². The molecular weight excluding hydrogens is 330 g/mol. The second kappa shape index (κ2) is 7.86. The van der Waals surface area contributed by atoms with Gasteiger partial charge in [-0.25, -0.2) is 13.1 Å². The first-order valence-corrected chi connectivity index (χ1v) is 10.5. The smallest absolute Gasteiger partial charge is 0.241 e. The summed E-state index contributed by atoms with van der Waals surface area (Å²) >= 11 is 0. The Morgan fingerprint density at radius 1 is 1.04 bits per heavy atom. The summed E-state index contributed by atoms with van der Waals surface area (Å²) in [5.74, 6) is 0.440. The van der Waals surface area contributed by atoms with Crippen molar-refractivity contribution in [1.82, 2.24) is 4.72 Å². The van der Waals surface area contributed by atoms with E-state index in [1.807, 2.05) is 37.3 Å². The van der Waals surface area contributed by atoms with Crippen molar-refractivity contribution in [2.75, 3.05) is 12.0 Å². The first kappa shape index (κ1) is 17.8. The van der Waals surface area contributed by atoms with Gasteiger partial charge in [-0.3, -0.25) is 4.21 Å². The topological polar surface area (TPSA) is 63.2 Å². The molecule has 0 fully saturated rings. The zero-order valence-electron chi connectivity index (χ0n) is 13.2. The number of benzene rings is 2. The molecule has 0 saturated carbocycles. The van der Waals surface area contributed by atoms with E-state index in [0.29, 0.717) is 12.2 Å². The van der Waals surface area contributed by atoms with Crippen LogP contribution < -0.4 is 4.72 Å². The fraction of sp³-hybridized carbons (Fsp3) is 0.294. The van der Waals surface area contributed by atoms with Crippen LogP contribution in [0.3, 0.4) is 0 Å². The Hall–Kier alpha value is -1.50. The molecule has 2 aromatic rings. The molecule has 0 bridgehead atoms. The number of hydrogen-bond acceptors (Lipinski definition) is 3. The number of sulfonamides is 1. The minimum absolute atomic E-state index is 0.238. The van der Waals surface area contributed by atoms with E-state index in [2.05, 4.69) is 4.72 Å². The van der Waals surface area contributed by atoms with E-state index in [1.54, 1.807) is 30.5 Å². The fourth-order valence-corrected chi connectivity index (χ4v) is 4.06. The van der Waals surface area contributed by atoms with Crippen LogP contribution >= 0.6 is 0 Å². The van der Waals surface area contributed by atoms with Crippen LogP contribution in [0.2, 0.25) is 0 Å². The van der Waals surface area contributed by atoms with Crippen LogP contribution in [0, 0.1) is 6.92 Å². The second-order valence-electron chi connectivity index (χ2n) is 5.46. The Labute approximate surface area is 140 Å². The van der Waals surface area contributed by atoms with Gasteiger partial charge in [-0.2, -0.15) is 0 Å². The molecule has 0 aliphatic rings. The van der Waals surface area contributed by atoms with Crippen LogP contribution in [0.25, 0.3) is 0 Å². The second-order valence-corrected chi connectivity index (χ2v) is 8.73. The van der Waals surface area contributed by atoms with Crippen molar-refractivity contribution in [3.05, 3.63) is 65.7 Å². The summed E-state index contributed by atoms with van der Waals surface area (Å²) in [5, 5.41) is 0. The Bertz CT molecular complexity index is 756. The van der Waals surface area contributed by atoms with Gasteiger partial charge < -0.3 is 0 Å². The lowest BCUT2D eigenvalue weighted by Gasteiger charge is -2.19. The van der Waals surface area contributed by atoms with Gasteiger partial charge in [0.2, 0.25) is 10.0 Å². The number of rotatable bonds is 7. The lowest BCUT2D eigenvalue weighted by Crippen LogP contribution is -2.29. The van der Waals surface area contributed by atoms with Gasteiger partial charge in [0.25, 0.3) is 0 Å². The molecule has 0 aliphatic carbocycles. The summed E-state index contributed by atoms with van der Waals surface area (Å²) in [6.45, 7) is 1.91. The Morgan fingerprint density at radius 2 is 1.65 bits per heavy atom. The molecule has 0 aliphatic heterocycles. The summed E-state index contributed by atoms with van der Waals surface area (Å²) in [7, 11) is -4.59. The number of hydrogen-bond donors (Lipinski definition) is 1. The first-order chi connectivity index (χ1) is 10.9. The molecular formula is C17H21NO3S2. The van der Waals surface area contributed by atoms with Gasteiger partial charge >= 0.3 is 0 Å². The molecule has 2 aromatic carbocycles. The lowest BCUT2D eigenvalue weighted by molar-refractivity contribution is 0.550.